The zero-order valence-corrected chi connectivity index (χ0v) is 14.7. The highest BCUT2D eigenvalue weighted by Gasteiger charge is 2.46. The van der Waals surface area contributed by atoms with Crippen molar-refractivity contribution in [1.29, 1.82) is 0 Å². The summed E-state index contributed by atoms with van der Waals surface area (Å²) in [6.07, 6.45) is -0.143. The molecule has 3 nitrogen and oxygen atoms in total. The lowest BCUT2D eigenvalue weighted by Crippen LogP contribution is -2.48. The standard InChI is InChI=1S/C19H14N2OS2/c1-22-15-10-20-16(11-6-2-4-8-13(11)18(20)23)17-12-7-3-5-9-14(12)19(24)21(15)17/h2-9,15H,10H2,1H3. The van der Waals surface area contributed by atoms with Crippen LogP contribution in [0.4, 0.5) is 0 Å². The number of hydrogen-bond donors (Lipinski definition) is 0. The smallest absolute Gasteiger partial charge is 0.152 e. The highest BCUT2D eigenvalue weighted by Crippen LogP contribution is 2.48. The molecule has 2 aromatic rings. The average molecular weight is 350 g/mol. The third-order valence-corrected chi connectivity index (χ3v) is 5.78. The molecule has 5 heteroatoms. The van der Waals surface area contributed by atoms with E-state index in [1.54, 1.807) is 7.11 Å². The van der Waals surface area contributed by atoms with Crippen LogP contribution in [0.25, 0.3) is 11.4 Å². The fraction of sp³-hybridized carbons (Fsp3) is 0.158. The van der Waals surface area contributed by atoms with Gasteiger partial charge in [0.05, 0.1) is 17.9 Å². The van der Waals surface area contributed by atoms with Gasteiger partial charge in [-0.15, -0.1) is 0 Å². The van der Waals surface area contributed by atoms with E-state index in [0.29, 0.717) is 6.54 Å². The number of hydrogen-bond acceptors (Lipinski definition) is 3. The highest BCUT2D eigenvalue weighted by atomic mass is 32.1. The summed E-state index contributed by atoms with van der Waals surface area (Å²) in [7, 11) is 1.73. The second-order valence-electron chi connectivity index (χ2n) is 6.07. The van der Waals surface area contributed by atoms with Crippen molar-refractivity contribution in [3.63, 3.8) is 0 Å². The monoisotopic (exact) mass is 350 g/mol. The van der Waals surface area contributed by atoms with Crippen molar-refractivity contribution in [2.24, 2.45) is 0 Å². The molecule has 0 N–H and O–H groups in total. The Bertz CT molecular complexity index is 950. The van der Waals surface area contributed by atoms with Crippen molar-refractivity contribution in [1.82, 2.24) is 9.80 Å². The van der Waals surface area contributed by atoms with Gasteiger partial charge in [0.1, 0.15) is 9.98 Å². The third kappa shape index (κ3) is 1.64. The summed E-state index contributed by atoms with van der Waals surface area (Å²) < 4.78 is 5.77. The van der Waals surface area contributed by atoms with Crippen molar-refractivity contribution < 1.29 is 4.74 Å². The largest absolute Gasteiger partial charge is 0.359 e. The van der Waals surface area contributed by atoms with Gasteiger partial charge in [-0.2, -0.15) is 0 Å². The molecule has 0 bridgehead atoms. The van der Waals surface area contributed by atoms with Crippen LogP contribution < -0.4 is 0 Å². The second kappa shape index (κ2) is 4.96. The minimum Gasteiger partial charge on any atom is -0.359 e. The molecule has 1 unspecified atom stereocenters. The molecule has 0 amide bonds. The summed E-state index contributed by atoms with van der Waals surface area (Å²) in [6.45, 7) is 0.678. The molecule has 3 aliphatic rings. The molecule has 1 atom stereocenters. The summed E-state index contributed by atoms with van der Waals surface area (Å²) in [5, 5.41) is 0. The summed E-state index contributed by atoms with van der Waals surface area (Å²) in [4.78, 5) is 6.04. The predicted octanol–water partition coefficient (Wildman–Crippen LogP) is 3.48. The Hall–Kier alpha value is -2.08. The Morgan fingerprint density at radius 2 is 1.38 bits per heavy atom. The molecule has 0 radical (unpaired) electrons. The summed E-state index contributed by atoms with van der Waals surface area (Å²) >= 11 is 11.5. The van der Waals surface area contributed by atoms with Gasteiger partial charge < -0.3 is 14.5 Å². The molecule has 2 aromatic carbocycles. The zero-order valence-electron chi connectivity index (χ0n) is 13.0. The van der Waals surface area contributed by atoms with Crippen LogP contribution >= 0.6 is 24.4 Å². The molecule has 0 saturated heterocycles. The maximum atomic E-state index is 5.77. The maximum absolute atomic E-state index is 5.77. The van der Waals surface area contributed by atoms with E-state index in [4.69, 9.17) is 29.2 Å². The first-order valence-corrected chi connectivity index (χ1v) is 8.65. The van der Waals surface area contributed by atoms with E-state index in [-0.39, 0.29) is 6.23 Å². The van der Waals surface area contributed by atoms with E-state index < -0.39 is 0 Å². The number of thiocarbonyl (C=S) groups is 2. The quantitative estimate of drug-likeness (QED) is 0.730. The topological polar surface area (TPSA) is 15.7 Å². The van der Waals surface area contributed by atoms with E-state index in [2.05, 4.69) is 46.2 Å². The van der Waals surface area contributed by atoms with E-state index >= 15 is 0 Å². The molecule has 0 saturated carbocycles. The molecule has 24 heavy (non-hydrogen) atoms. The maximum Gasteiger partial charge on any atom is 0.152 e. The first-order valence-electron chi connectivity index (χ1n) is 7.83. The molecular weight excluding hydrogens is 336 g/mol. The van der Waals surface area contributed by atoms with Crippen LogP contribution in [0.15, 0.2) is 48.5 Å². The van der Waals surface area contributed by atoms with Gasteiger partial charge >= 0.3 is 0 Å². The molecule has 118 valence electrons. The summed E-state index contributed by atoms with van der Waals surface area (Å²) in [6, 6.07) is 16.6. The molecular formula is C19H14N2OS2. The Morgan fingerprint density at radius 3 is 2.00 bits per heavy atom. The zero-order chi connectivity index (χ0) is 16.4. The van der Waals surface area contributed by atoms with Crippen LogP contribution in [-0.4, -0.2) is 39.7 Å². The average Bonchev–Trinajstić information content (AvgIpc) is 3.08. The van der Waals surface area contributed by atoms with Gasteiger partial charge in [0, 0.05) is 29.4 Å². The van der Waals surface area contributed by atoms with Crippen LogP contribution in [0, 0.1) is 0 Å². The van der Waals surface area contributed by atoms with Gasteiger partial charge in [0.25, 0.3) is 0 Å². The van der Waals surface area contributed by atoms with Gasteiger partial charge in [-0.3, -0.25) is 0 Å². The minimum atomic E-state index is -0.143. The van der Waals surface area contributed by atoms with E-state index in [0.717, 1.165) is 38.1 Å². The second-order valence-corrected chi connectivity index (χ2v) is 6.84. The number of fused-ring (bicyclic) bond motifs is 6. The number of ether oxygens (including phenoxy) is 1. The molecule has 0 aromatic heterocycles. The molecule has 0 fully saturated rings. The predicted molar refractivity (Wildman–Crippen MR) is 102 cm³/mol. The lowest BCUT2D eigenvalue weighted by Gasteiger charge is -2.39. The van der Waals surface area contributed by atoms with Gasteiger partial charge in [-0.05, 0) is 0 Å². The molecule has 0 spiro atoms. The van der Waals surface area contributed by atoms with Crippen molar-refractivity contribution >= 4 is 45.8 Å². The number of rotatable bonds is 1. The van der Waals surface area contributed by atoms with Crippen LogP contribution in [0.5, 0.6) is 0 Å². The highest BCUT2D eigenvalue weighted by molar-refractivity contribution is 7.81. The van der Waals surface area contributed by atoms with Crippen LogP contribution in [0.1, 0.15) is 22.3 Å². The van der Waals surface area contributed by atoms with Crippen molar-refractivity contribution in [3.8, 4) is 0 Å². The van der Waals surface area contributed by atoms with Gasteiger partial charge in [0.2, 0.25) is 0 Å². The van der Waals surface area contributed by atoms with Crippen LogP contribution in [0.3, 0.4) is 0 Å². The minimum absolute atomic E-state index is 0.143. The lowest BCUT2D eigenvalue weighted by atomic mass is 10.0. The Balaban J connectivity index is 1.87. The molecule has 3 aliphatic heterocycles. The lowest BCUT2D eigenvalue weighted by molar-refractivity contribution is 0.0235. The van der Waals surface area contributed by atoms with Crippen LogP contribution in [0.2, 0.25) is 0 Å². The Kier molecular flexibility index (Phi) is 2.95. The first-order chi connectivity index (χ1) is 11.7. The van der Waals surface area contributed by atoms with E-state index in [1.807, 2.05) is 12.1 Å². The molecule has 3 heterocycles. The normalized spacial score (nSPS) is 21.0. The third-order valence-electron chi connectivity index (χ3n) is 4.92. The fourth-order valence-electron chi connectivity index (χ4n) is 3.87. The fourth-order valence-corrected chi connectivity index (χ4v) is 4.60. The van der Waals surface area contributed by atoms with E-state index in [1.165, 1.54) is 5.56 Å². The Labute approximate surface area is 151 Å². The first kappa shape index (κ1) is 14.3. The van der Waals surface area contributed by atoms with Crippen molar-refractivity contribution in [3.05, 3.63) is 70.8 Å². The van der Waals surface area contributed by atoms with Crippen molar-refractivity contribution in [2.75, 3.05) is 13.7 Å². The summed E-state index contributed by atoms with van der Waals surface area (Å²) in [5.74, 6) is 0. The van der Waals surface area contributed by atoms with Gasteiger partial charge in [0.15, 0.2) is 6.23 Å². The molecule has 5 rings (SSSR count). The van der Waals surface area contributed by atoms with Crippen molar-refractivity contribution in [2.45, 2.75) is 6.23 Å². The number of methoxy groups -OCH3 is 1. The van der Waals surface area contributed by atoms with Crippen LogP contribution in [-0.2, 0) is 4.74 Å². The van der Waals surface area contributed by atoms with Gasteiger partial charge in [-0.1, -0.05) is 73.0 Å². The molecule has 0 aliphatic carbocycles. The SMILES string of the molecule is COC1CN2C(=S)c3ccccc3C2=C2c3ccccc3C(=S)N21. The van der Waals surface area contributed by atoms with E-state index in [9.17, 15) is 0 Å². The number of benzene rings is 2. The Morgan fingerprint density at radius 1 is 0.833 bits per heavy atom. The van der Waals surface area contributed by atoms with Gasteiger partial charge in [-0.25, -0.2) is 0 Å². The summed E-state index contributed by atoms with van der Waals surface area (Å²) in [5.41, 5.74) is 6.80. The number of nitrogens with zero attached hydrogens (tertiary/aromatic N) is 2.